The normalized spacial score (nSPS) is 16.4. The summed E-state index contributed by atoms with van der Waals surface area (Å²) in [6.07, 6.45) is 1.76. The van der Waals surface area contributed by atoms with E-state index < -0.39 is 0 Å². The van der Waals surface area contributed by atoms with Crippen LogP contribution in [0.3, 0.4) is 0 Å². The summed E-state index contributed by atoms with van der Waals surface area (Å²) in [7, 11) is 0. The van der Waals surface area contributed by atoms with Crippen LogP contribution in [0.1, 0.15) is 26.7 Å². The molecule has 2 atom stereocenters. The van der Waals surface area contributed by atoms with Crippen molar-refractivity contribution >= 4 is 0 Å². The Labute approximate surface area is 68.5 Å². The summed E-state index contributed by atoms with van der Waals surface area (Å²) >= 11 is 0. The molecule has 0 heterocycles. The molecule has 0 aromatic heterocycles. The van der Waals surface area contributed by atoms with Crippen LogP contribution in [0.15, 0.2) is 0 Å². The first-order valence-corrected chi connectivity index (χ1v) is 4.24. The molecule has 3 N–H and O–H groups in total. The zero-order valence-corrected chi connectivity index (χ0v) is 7.42. The van der Waals surface area contributed by atoms with Crippen molar-refractivity contribution in [3.05, 3.63) is 0 Å². The number of aliphatic hydroxyl groups excluding tert-OH is 1. The Bertz CT molecular complexity index is 88.2. The molecule has 0 fully saturated rings. The monoisotopic (exact) mass is 161 g/mol. The van der Waals surface area contributed by atoms with E-state index in [1.54, 1.807) is 0 Å². The predicted octanol–water partition coefficient (Wildman–Crippen LogP) is 0.511. The van der Waals surface area contributed by atoms with Crippen molar-refractivity contribution in [3.63, 3.8) is 0 Å². The standard InChI is InChI=1S/C8H19NO2/c1-3-5-7(9)8(6-10)11-4-2/h7-8,10H,3-6,9H2,1-2H3. The second kappa shape index (κ2) is 6.58. The third-order valence-corrected chi connectivity index (χ3v) is 1.66. The van der Waals surface area contributed by atoms with Gasteiger partial charge in [-0.3, -0.25) is 0 Å². The lowest BCUT2D eigenvalue weighted by Gasteiger charge is -2.20. The van der Waals surface area contributed by atoms with Crippen LogP contribution in [-0.2, 0) is 4.74 Å². The average molecular weight is 161 g/mol. The zero-order valence-electron chi connectivity index (χ0n) is 7.42. The van der Waals surface area contributed by atoms with Crippen molar-refractivity contribution in [3.8, 4) is 0 Å². The predicted molar refractivity (Wildman–Crippen MR) is 45.4 cm³/mol. The summed E-state index contributed by atoms with van der Waals surface area (Å²) in [5.41, 5.74) is 5.74. The summed E-state index contributed by atoms with van der Waals surface area (Å²) in [5.74, 6) is 0. The van der Waals surface area contributed by atoms with Crippen LogP contribution < -0.4 is 5.73 Å². The summed E-state index contributed by atoms with van der Waals surface area (Å²) < 4.78 is 5.23. The molecule has 0 aliphatic carbocycles. The molecule has 0 aromatic carbocycles. The van der Waals surface area contributed by atoms with E-state index in [1.807, 2.05) is 6.92 Å². The van der Waals surface area contributed by atoms with Gasteiger partial charge in [-0.25, -0.2) is 0 Å². The van der Waals surface area contributed by atoms with Gasteiger partial charge in [-0.2, -0.15) is 0 Å². The van der Waals surface area contributed by atoms with Gasteiger partial charge in [0.15, 0.2) is 0 Å². The van der Waals surface area contributed by atoms with Crippen molar-refractivity contribution < 1.29 is 9.84 Å². The Hall–Kier alpha value is -0.120. The molecular formula is C8H19NO2. The Morgan fingerprint density at radius 3 is 2.45 bits per heavy atom. The van der Waals surface area contributed by atoms with Crippen LogP contribution in [-0.4, -0.2) is 30.5 Å². The number of hydrogen-bond acceptors (Lipinski definition) is 3. The number of ether oxygens (including phenoxy) is 1. The average Bonchev–Trinajstić information content (AvgIpc) is 2.00. The van der Waals surface area contributed by atoms with E-state index in [9.17, 15) is 0 Å². The maximum absolute atomic E-state index is 8.85. The highest BCUT2D eigenvalue weighted by Crippen LogP contribution is 2.02. The van der Waals surface area contributed by atoms with Crippen LogP contribution in [0.5, 0.6) is 0 Å². The summed E-state index contributed by atoms with van der Waals surface area (Å²) in [6.45, 7) is 4.61. The van der Waals surface area contributed by atoms with Crippen molar-refractivity contribution in [1.82, 2.24) is 0 Å². The highest BCUT2D eigenvalue weighted by Gasteiger charge is 2.15. The summed E-state index contributed by atoms with van der Waals surface area (Å²) in [4.78, 5) is 0. The molecule has 0 radical (unpaired) electrons. The van der Waals surface area contributed by atoms with Gasteiger partial charge in [0.2, 0.25) is 0 Å². The molecule has 11 heavy (non-hydrogen) atoms. The molecule has 0 rings (SSSR count). The van der Waals surface area contributed by atoms with E-state index >= 15 is 0 Å². The maximum atomic E-state index is 8.85. The Balaban J connectivity index is 3.61. The molecule has 0 bridgehead atoms. The largest absolute Gasteiger partial charge is 0.394 e. The van der Waals surface area contributed by atoms with Crippen LogP contribution in [0.25, 0.3) is 0 Å². The maximum Gasteiger partial charge on any atom is 0.0955 e. The number of rotatable bonds is 6. The van der Waals surface area contributed by atoms with Crippen LogP contribution >= 0.6 is 0 Å². The van der Waals surface area contributed by atoms with Gasteiger partial charge in [-0.1, -0.05) is 13.3 Å². The third-order valence-electron chi connectivity index (χ3n) is 1.66. The molecule has 3 heteroatoms. The lowest BCUT2D eigenvalue weighted by molar-refractivity contribution is 0.00257. The zero-order chi connectivity index (χ0) is 8.69. The molecule has 0 aliphatic heterocycles. The van der Waals surface area contributed by atoms with Gasteiger partial charge in [-0.05, 0) is 13.3 Å². The Kier molecular flexibility index (Phi) is 6.51. The van der Waals surface area contributed by atoms with Crippen LogP contribution in [0, 0.1) is 0 Å². The first kappa shape index (κ1) is 10.9. The van der Waals surface area contributed by atoms with Gasteiger partial charge < -0.3 is 15.6 Å². The fraction of sp³-hybridized carbons (Fsp3) is 1.00. The van der Waals surface area contributed by atoms with E-state index in [-0.39, 0.29) is 18.8 Å². The fourth-order valence-electron chi connectivity index (χ4n) is 1.04. The smallest absolute Gasteiger partial charge is 0.0955 e. The van der Waals surface area contributed by atoms with Gasteiger partial charge in [0.25, 0.3) is 0 Å². The summed E-state index contributed by atoms with van der Waals surface area (Å²) in [5, 5.41) is 8.85. The lowest BCUT2D eigenvalue weighted by atomic mass is 10.1. The minimum Gasteiger partial charge on any atom is -0.394 e. The van der Waals surface area contributed by atoms with Gasteiger partial charge in [0.1, 0.15) is 0 Å². The van der Waals surface area contributed by atoms with Gasteiger partial charge in [-0.15, -0.1) is 0 Å². The Morgan fingerprint density at radius 2 is 2.09 bits per heavy atom. The van der Waals surface area contributed by atoms with E-state index in [4.69, 9.17) is 15.6 Å². The van der Waals surface area contributed by atoms with E-state index in [1.165, 1.54) is 0 Å². The third kappa shape index (κ3) is 4.35. The van der Waals surface area contributed by atoms with E-state index in [0.717, 1.165) is 12.8 Å². The number of nitrogens with two attached hydrogens (primary N) is 1. The first-order chi connectivity index (χ1) is 5.26. The number of aliphatic hydroxyl groups is 1. The lowest BCUT2D eigenvalue weighted by Crippen LogP contribution is -2.39. The van der Waals surface area contributed by atoms with Crippen molar-refractivity contribution in [2.24, 2.45) is 5.73 Å². The van der Waals surface area contributed by atoms with Gasteiger partial charge >= 0.3 is 0 Å². The molecule has 0 amide bonds. The molecule has 0 aliphatic rings. The molecule has 2 unspecified atom stereocenters. The van der Waals surface area contributed by atoms with Crippen molar-refractivity contribution in [1.29, 1.82) is 0 Å². The second-order valence-corrected chi connectivity index (χ2v) is 2.63. The quantitative estimate of drug-likeness (QED) is 0.597. The van der Waals surface area contributed by atoms with E-state index in [2.05, 4.69) is 6.92 Å². The fourth-order valence-corrected chi connectivity index (χ4v) is 1.04. The molecular weight excluding hydrogens is 142 g/mol. The molecule has 0 saturated carbocycles. The molecule has 0 saturated heterocycles. The van der Waals surface area contributed by atoms with Crippen molar-refractivity contribution in [2.45, 2.75) is 38.8 Å². The topological polar surface area (TPSA) is 55.5 Å². The van der Waals surface area contributed by atoms with Crippen LogP contribution in [0.2, 0.25) is 0 Å². The second-order valence-electron chi connectivity index (χ2n) is 2.63. The van der Waals surface area contributed by atoms with Gasteiger partial charge in [0, 0.05) is 12.6 Å². The van der Waals surface area contributed by atoms with E-state index in [0.29, 0.717) is 6.61 Å². The molecule has 68 valence electrons. The molecule has 3 nitrogen and oxygen atoms in total. The minimum absolute atomic E-state index is 0.0228. The van der Waals surface area contributed by atoms with Crippen LogP contribution in [0.4, 0.5) is 0 Å². The molecule has 0 aromatic rings. The number of hydrogen-bond donors (Lipinski definition) is 2. The SMILES string of the molecule is CCCC(N)C(CO)OCC. The Morgan fingerprint density at radius 1 is 1.45 bits per heavy atom. The van der Waals surface area contributed by atoms with Gasteiger partial charge in [0.05, 0.1) is 12.7 Å². The minimum atomic E-state index is -0.181. The highest BCUT2D eigenvalue weighted by molar-refractivity contribution is 4.71. The molecule has 0 spiro atoms. The summed E-state index contributed by atoms with van der Waals surface area (Å²) in [6, 6.07) is -0.0232. The van der Waals surface area contributed by atoms with Crippen molar-refractivity contribution in [2.75, 3.05) is 13.2 Å². The first-order valence-electron chi connectivity index (χ1n) is 4.24. The highest BCUT2D eigenvalue weighted by atomic mass is 16.5.